The highest BCUT2D eigenvalue weighted by molar-refractivity contribution is 7.92. The zero-order chi connectivity index (χ0) is 18.2. The molecule has 0 saturated carbocycles. The molecular formula is C16H16FN3O4S. The molecule has 3 rings (SSSR count). The maximum absolute atomic E-state index is 13.9. The summed E-state index contributed by atoms with van der Waals surface area (Å²) < 4.78 is 51.4. The molecule has 2 heterocycles. The van der Waals surface area contributed by atoms with E-state index in [-0.39, 0.29) is 28.3 Å². The highest BCUT2D eigenvalue weighted by Crippen LogP contribution is 2.27. The number of hydrogen-bond donors (Lipinski definition) is 1. The Labute approximate surface area is 143 Å². The van der Waals surface area contributed by atoms with Crippen molar-refractivity contribution in [1.29, 1.82) is 0 Å². The van der Waals surface area contributed by atoms with E-state index in [9.17, 15) is 12.8 Å². The van der Waals surface area contributed by atoms with Crippen LogP contribution in [0.4, 0.5) is 10.1 Å². The maximum atomic E-state index is 13.9. The van der Waals surface area contributed by atoms with E-state index in [1.807, 2.05) is 13.8 Å². The molecule has 0 amide bonds. The lowest BCUT2D eigenvalue weighted by atomic mass is 10.2. The van der Waals surface area contributed by atoms with Gasteiger partial charge in [0.2, 0.25) is 11.0 Å². The molecule has 25 heavy (non-hydrogen) atoms. The summed E-state index contributed by atoms with van der Waals surface area (Å²) in [6.45, 7) is 5.47. The Morgan fingerprint density at radius 2 is 1.88 bits per heavy atom. The summed E-state index contributed by atoms with van der Waals surface area (Å²) in [6, 6.07) is 6.82. The van der Waals surface area contributed by atoms with Gasteiger partial charge < -0.3 is 8.83 Å². The van der Waals surface area contributed by atoms with E-state index < -0.39 is 15.8 Å². The molecule has 0 aliphatic carbocycles. The molecule has 3 aromatic rings. The van der Waals surface area contributed by atoms with Crippen molar-refractivity contribution in [3.8, 4) is 11.7 Å². The van der Waals surface area contributed by atoms with Crippen molar-refractivity contribution < 1.29 is 21.6 Å². The summed E-state index contributed by atoms with van der Waals surface area (Å²) >= 11 is 0. The lowest BCUT2D eigenvalue weighted by molar-refractivity contribution is 0.429. The SMILES string of the molecule is Cc1ccc(NS(=O)(=O)c2ccc(-c3nnc(C(C)C)o3)o2)c(F)c1. The Morgan fingerprint density at radius 1 is 1.12 bits per heavy atom. The fraction of sp³-hybridized carbons (Fsp3) is 0.250. The molecule has 0 saturated heterocycles. The van der Waals surface area contributed by atoms with Gasteiger partial charge >= 0.3 is 0 Å². The predicted octanol–water partition coefficient (Wildman–Crippen LogP) is 3.70. The van der Waals surface area contributed by atoms with Crippen LogP contribution in [-0.4, -0.2) is 18.6 Å². The summed E-state index contributed by atoms with van der Waals surface area (Å²) in [6.07, 6.45) is 0. The summed E-state index contributed by atoms with van der Waals surface area (Å²) in [5.74, 6) is -0.0362. The van der Waals surface area contributed by atoms with E-state index in [4.69, 9.17) is 8.83 Å². The van der Waals surface area contributed by atoms with Crippen molar-refractivity contribution in [3.63, 3.8) is 0 Å². The Bertz CT molecular complexity index is 1010. The Balaban J connectivity index is 1.87. The van der Waals surface area contributed by atoms with Gasteiger partial charge in [-0.05, 0) is 36.8 Å². The first-order chi connectivity index (χ1) is 11.8. The van der Waals surface area contributed by atoms with Gasteiger partial charge in [-0.2, -0.15) is 8.42 Å². The van der Waals surface area contributed by atoms with Gasteiger partial charge in [-0.15, -0.1) is 10.2 Å². The predicted molar refractivity (Wildman–Crippen MR) is 88.0 cm³/mol. The van der Waals surface area contributed by atoms with Gasteiger partial charge in [-0.3, -0.25) is 4.72 Å². The topological polar surface area (TPSA) is 98.2 Å². The number of aromatic nitrogens is 2. The number of benzene rings is 1. The zero-order valence-corrected chi connectivity index (χ0v) is 14.6. The number of halogens is 1. The molecule has 0 atom stereocenters. The van der Waals surface area contributed by atoms with Crippen LogP contribution in [0.1, 0.15) is 31.2 Å². The highest BCUT2D eigenvalue weighted by Gasteiger charge is 2.23. The van der Waals surface area contributed by atoms with Crippen molar-refractivity contribution in [2.24, 2.45) is 0 Å². The summed E-state index contributed by atoms with van der Waals surface area (Å²) in [4.78, 5) is 0. The Morgan fingerprint density at radius 3 is 2.52 bits per heavy atom. The van der Waals surface area contributed by atoms with E-state index in [2.05, 4.69) is 14.9 Å². The van der Waals surface area contributed by atoms with E-state index in [1.54, 1.807) is 13.0 Å². The van der Waals surface area contributed by atoms with Crippen molar-refractivity contribution in [3.05, 3.63) is 47.6 Å². The van der Waals surface area contributed by atoms with Crippen LogP contribution in [0.3, 0.4) is 0 Å². The van der Waals surface area contributed by atoms with Gasteiger partial charge in [0.25, 0.3) is 15.9 Å². The Hall–Kier alpha value is -2.68. The number of nitrogens with zero attached hydrogens (tertiary/aromatic N) is 2. The van der Waals surface area contributed by atoms with Gasteiger partial charge in [-0.1, -0.05) is 19.9 Å². The van der Waals surface area contributed by atoms with Crippen LogP contribution in [0, 0.1) is 12.7 Å². The van der Waals surface area contributed by atoms with Gasteiger partial charge in [0.1, 0.15) is 5.82 Å². The number of hydrogen-bond acceptors (Lipinski definition) is 6. The molecule has 0 bridgehead atoms. The smallest absolute Gasteiger partial charge is 0.295 e. The zero-order valence-electron chi connectivity index (χ0n) is 13.8. The lowest BCUT2D eigenvalue weighted by Crippen LogP contribution is -2.13. The van der Waals surface area contributed by atoms with E-state index in [1.165, 1.54) is 24.3 Å². The largest absolute Gasteiger partial charge is 0.438 e. The van der Waals surface area contributed by atoms with Crippen LogP contribution >= 0.6 is 0 Å². The van der Waals surface area contributed by atoms with Crippen LogP contribution < -0.4 is 4.72 Å². The second-order valence-electron chi connectivity index (χ2n) is 5.81. The second-order valence-corrected chi connectivity index (χ2v) is 7.42. The molecular weight excluding hydrogens is 349 g/mol. The molecule has 9 heteroatoms. The first-order valence-electron chi connectivity index (χ1n) is 7.49. The third-order valence-electron chi connectivity index (χ3n) is 3.36. The van der Waals surface area contributed by atoms with Crippen LogP contribution in [0.2, 0.25) is 0 Å². The number of furan rings is 1. The average molecular weight is 365 g/mol. The minimum atomic E-state index is -4.09. The molecule has 0 radical (unpaired) electrons. The van der Waals surface area contributed by atoms with E-state index >= 15 is 0 Å². The lowest BCUT2D eigenvalue weighted by Gasteiger charge is -2.07. The summed E-state index contributed by atoms with van der Waals surface area (Å²) in [5, 5.41) is 7.30. The summed E-state index contributed by atoms with van der Waals surface area (Å²) in [5.41, 5.74) is 0.515. The highest BCUT2D eigenvalue weighted by atomic mass is 32.2. The number of nitrogens with one attached hydrogen (secondary N) is 1. The van der Waals surface area contributed by atoms with Gasteiger partial charge in [-0.25, -0.2) is 4.39 Å². The number of rotatable bonds is 5. The van der Waals surface area contributed by atoms with Crippen molar-refractivity contribution >= 4 is 15.7 Å². The maximum Gasteiger partial charge on any atom is 0.295 e. The molecule has 0 unspecified atom stereocenters. The molecule has 1 N–H and O–H groups in total. The third kappa shape index (κ3) is 3.55. The van der Waals surface area contributed by atoms with Gasteiger partial charge in [0.15, 0.2) is 5.76 Å². The molecule has 132 valence electrons. The Kier molecular flexibility index (Phi) is 4.34. The van der Waals surface area contributed by atoms with Crippen LogP contribution in [0.25, 0.3) is 11.7 Å². The van der Waals surface area contributed by atoms with Crippen molar-refractivity contribution in [1.82, 2.24) is 10.2 Å². The monoisotopic (exact) mass is 365 g/mol. The summed E-state index contributed by atoms with van der Waals surface area (Å²) in [7, 11) is -4.09. The average Bonchev–Trinajstić information content (AvgIpc) is 3.18. The first-order valence-corrected chi connectivity index (χ1v) is 8.97. The minimum Gasteiger partial charge on any atom is -0.438 e. The van der Waals surface area contributed by atoms with E-state index in [0.717, 1.165) is 0 Å². The normalized spacial score (nSPS) is 11.9. The minimum absolute atomic E-state index is 0.0330. The molecule has 0 aliphatic heterocycles. The van der Waals surface area contributed by atoms with Crippen LogP contribution in [-0.2, 0) is 10.0 Å². The first kappa shape index (κ1) is 17.2. The molecule has 7 nitrogen and oxygen atoms in total. The molecule has 1 aromatic carbocycles. The van der Waals surface area contributed by atoms with Crippen molar-refractivity contribution in [2.45, 2.75) is 31.8 Å². The van der Waals surface area contributed by atoms with Gasteiger partial charge in [0.05, 0.1) is 5.69 Å². The fourth-order valence-corrected chi connectivity index (χ4v) is 3.05. The van der Waals surface area contributed by atoms with Crippen LogP contribution in [0.15, 0.2) is 44.3 Å². The fourth-order valence-electron chi connectivity index (χ4n) is 2.04. The number of aryl methyl sites for hydroxylation is 1. The van der Waals surface area contributed by atoms with E-state index in [0.29, 0.717) is 11.5 Å². The number of sulfonamides is 1. The van der Waals surface area contributed by atoms with Gasteiger partial charge in [0, 0.05) is 5.92 Å². The molecule has 0 aliphatic rings. The second kappa shape index (κ2) is 6.32. The van der Waals surface area contributed by atoms with Crippen LogP contribution in [0.5, 0.6) is 0 Å². The van der Waals surface area contributed by atoms with Crippen molar-refractivity contribution in [2.75, 3.05) is 4.72 Å². The molecule has 2 aromatic heterocycles. The standard InChI is InChI=1S/C16H16FN3O4S/c1-9(2)15-18-19-16(24-15)13-6-7-14(23-13)25(21,22)20-12-5-4-10(3)8-11(12)17/h4-9,20H,1-3H3. The number of anilines is 1. The molecule has 0 spiro atoms. The quantitative estimate of drug-likeness (QED) is 0.740. The third-order valence-corrected chi connectivity index (χ3v) is 4.60. The molecule has 0 fully saturated rings.